The molecule has 0 saturated heterocycles. The molecule has 27 heavy (non-hydrogen) atoms. The summed E-state index contributed by atoms with van der Waals surface area (Å²) in [5.74, 6) is -0.0678. The number of hydrogen-bond acceptors (Lipinski definition) is 2. The van der Waals surface area contributed by atoms with Crippen LogP contribution >= 0.6 is 15.9 Å². The Morgan fingerprint density at radius 2 is 1.81 bits per heavy atom. The zero-order chi connectivity index (χ0) is 19.4. The number of anilines is 1. The van der Waals surface area contributed by atoms with Crippen molar-refractivity contribution in [2.75, 3.05) is 18.4 Å². The number of nitrogens with zero attached hydrogens (tertiary/aromatic N) is 2. The molecule has 1 N–H and O–H groups in total. The van der Waals surface area contributed by atoms with E-state index in [1.807, 2.05) is 72.0 Å². The zero-order valence-corrected chi connectivity index (χ0v) is 17.0. The van der Waals surface area contributed by atoms with Crippen molar-refractivity contribution < 1.29 is 9.59 Å². The van der Waals surface area contributed by atoms with Gasteiger partial charge in [0.1, 0.15) is 6.54 Å². The van der Waals surface area contributed by atoms with E-state index in [1.54, 1.807) is 6.07 Å². The van der Waals surface area contributed by atoms with Crippen molar-refractivity contribution in [2.24, 2.45) is 0 Å². The van der Waals surface area contributed by atoms with E-state index < -0.39 is 0 Å². The van der Waals surface area contributed by atoms with Gasteiger partial charge in [-0.25, -0.2) is 0 Å². The number of hydrogen-bond donors (Lipinski definition) is 1. The number of halogens is 1. The van der Waals surface area contributed by atoms with Gasteiger partial charge in [0.15, 0.2) is 0 Å². The van der Waals surface area contributed by atoms with Crippen LogP contribution in [0, 0.1) is 0 Å². The summed E-state index contributed by atoms with van der Waals surface area (Å²) in [4.78, 5) is 26.6. The summed E-state index contributed by atoms with van der Waals surface area (Å²) in [6.45, 7) is 5.69. The highest BCUT2D eigenvalue weighted by atomic mass is 79.9. The molecule has 0 aliphatic rings. The number of nitrogens with one attached hydrogen (secondary N) is 1. The van der Waals surface area contributed by atoms with E-state index in [2.05, 4.69) is 21.2 Å². The van der Waals surface area contributed by atoms with Gasteiger partial charge in [0.25, 0.3) is 5.91 Å². The van der Waals surface area contributed by atoms with Gasteiger partial charge in [0.05, 0.1) is 5.56 Å². The Labute approximate surface area is 167 Å². The maximum absolute atomic E-state index is 12.5. The van der Waals surface area contributed by atoms with E-state index in [0.29, 0.717) is 25.2 Å². The second-order valence-electron chi connectivity index (χ2n) is 6.22. The first-order chi connectivity index (χ1) is 13.0. The van der Waals surface area contributed by atoms with Crippen LogP contribution in [0.1, 0.15) is 24.2 Å². The molecule has 3 aromatic rings. The van der Waals surface area contributed by atoms with Crippen LogP contribution in [0.5, 0.6) is 0 Å². The zero-order valence-electron chi connectivity index (χ0n) is 15.4. The number of aromatic nitrogens is 1. The fraction of sp³-hybridized carbons (Fsp3) is 0.238. The van der Waals surface area contributed by atoms with E-state index in [9.17, 15) is 9.59 Å². The third-order valence-electron chi connectivity index (χ3n) is 4.57. The number of fused-ring (bicyclic) bond motifs is 1. The van der Waals surface area contributed by atoms with Crippen molar-refractivity contribution >= 4 is 44.3 Å². The van der Waals surface area contributed by atoms with E-state index >= 15 is 0 Å². The lowest BCUT2D eigenvalue weighted by Crippen LogP contribution is -2.33. The highest BCUT2D eigenvalue weighted by Gasteiger charge is 2.13. The molecule has 0 spiro atoms. The van der Waals surface area contributed by atoms with E-state index in [4.69, 9.17) is 0 Å². The number of benzene rings is 2. The first kappa shape index (κ1) is 19.2. The molecule has 0 bridgehead atoms. The molecule has 0 saturated carbocycles. The molecule has 140 valence electrons. The minimum atomic E-state index is -0.169. The second-order valence-corrected chi connectivity index (χ2v) is 7.07. The number of rotatable bonds is 6. The summed E-state index contributed by atoms with van der Waals surface area (Å²) in [5.41, 5.74) is 2.27. The summed E-state index contributed by atoms with van der Waals surface area (Å²) < 4.78 is 2.69. The third-order valence-corrected chi connectivity index (χ3v) is 5.26. The van der Waals surface area contributed by atoms with Crippen LogP contribution in [-0.2, 0) is 11.3 Å². The molecule has 2 aromatic carbocycles. The molecule has 0 atom stereocenters. The van der Waals surface area contributed by atoms with Crippen LogP contribution in [-0.4, -0.2) is 34.4 Å². The van der Waals surface area contributed by atoms with Crippen LogP contribution in [0.2, 0.25) is 0 Å². The molecular weight excluding hydrogens is 406 g/mol. The minimum absolute atomic E-state index is 0.101. The number of amides is 2. The molecule has 0 aliphatic heterocycles. The Balaban J connectivity index is 1.78. The average Bonchev–Trinajstić information content (AvgIpc) is 3.05. The van der Waals surface area contributed by atoms with Crippen molar-refractivity contribution in [1.29, 1.82) is 0 Å². The first-order valence-corrected chi connectivity index (χ1v) is 9.75. The summed E-state index contributed by atoms with van der Waals surface area (Å²) in [7, 11) is 0. The third kappa shape index (κ3) is 4.22. The van der Waals surface area contributed by atoms with Gasteiger partial charge >= 0.3 is 0 Å². The number of carbonyl (C=O) groups excluding carboxylic acids is 2. The molecule has 0 aliphatic carbocycles. The Morgan fingerprint density at radius 1 is 1.07 bits per heavy atom. The molecule has 0 radical (unpaired) electrons. The standard InChI is InChI=1S/C21H22BrN3O2/c1-3-24(4-2)20(26)14-25-12-11-15-13-16(9-10-19(15)25)23-21(27)17-7-5-6-8-18(17)22/h5-13H,3-4,14H2,1-2H3,(H,23,27). The SMILES string of the molecule is CCN(CC)C(=O)Cn1ccc2cc(NC(=O)c3ccccc3Br)ccc21. The quantitative estimate of drug-likeness (QED) is 0.628. The molecule has 5 nitrogen and oxygen atoms in total. The predicted molar refractivity (Wildman–Crippen MR) is 112 cm³/mol. The van der Waals surface area contributed by atoms with Gasteiger partial charge in [0.2, 0.25) is 5.91 Å². The second kappa shape index (κ2) is 8.39. The van der Waals surface area contributed by atoms with Gasteiger partial charge in [-0.2, -0.15) is 0 Å². The highest BCUT2D eigenvalue weighted by molar-refractivity contribution is 9.10. The van der Waals surface area contributed by atoms with Gasteiger partial charge in [-0.05, 0) is 66.2 Å². The van der Waals surface area contributed by atoms with Gasteiger partial charge in [-0.3, -0.25) is 9.59 Å². The lowest BCUT2D eigenvalue weighted by molar-refractivity contribution is -0.131. The lowest BCUT2D eigenvalue weighted by Gasteiger charge is -2.19. The molecule has 6 heteroatoms. The van der Waals surface area contributed by atoms with Gasteiger partial charge < -0.3 is 14.8 Å². The van der Waals surface area contributed by atoms with Crippen LogP contribution in [0.25, 0.3) is 10.9 Å². The molecule has 2 amide bonds. The van der Waals surface area contributed by atoms with Crippen molar-refractivity contribution in [3.05, 3.63) is 64.8 Å². The van der Waals surface area contributed by atoms with Gasteiger partial charge in [0, 0.05) is 40.3 Å². The predicted octanol–water partition coefficient (Wildman–Crippen LogP) is 4.52. The Morgan fingerprint density at radius 3 is 2.52 bits per heavy atom. The van der Waals surface area contributed by atoms with E-state index in [-0.39, 0.29) is 11.8 Å². The summed E-state index contributed by atoms with van der Waals surface area (Å²) >= 11 is 3.40. The maximum atomic E-state index is 12.5. The Kier molecular flexibility index (Phi) is 5.96. The molecule has 0 fully saturated rings. The van der Waals surface area contributed by atoms with Crippen molar-refractivity contribution in [2.45, 2.75) is 20.4 Å². The first-order valence-electron chi connectivity index (χ1n) is 8.96. The molecule has 1 heterocycles. The normalized spacial score (nSPS) is 10.8. The van der Waals surface area contributed by atoms with Crippen molar-refractivity contribution in [1.82, 2.24) is 9.47 Å². The molecule has 3 rings (SSSR count). The highest BCUT2D eigenvalue weighted by Crippen LogP contribution is 2.23. The fourth-order valence-corrected chi connectivity index (χ4v) is 3.55. The average molecular weight is 428 g/mol. The smallest absolute Gasteiger partial charge is 0.256 e. The fourth-order valence-electron chi connectivity index (χ4n) is 3.08. The van der Waals surface area contributed by atoms with E-state index in [1.165, 1.54) is 0 Å². The summed E-state index contributed by atoms with van der Waals surface area (Å²) in [6, 6.07) is 15.0. The van der Waals surface area contributed by atoms with Gasteiger partial charge in [-0.1, -0.05) is 12.1 Å². The van der Waals surface area contributed by atoms with Crippen molar-refractivity contribution in [3.63, 3.8) is 0 Å². The number of likely N-dealkylation sites (N-methyl/N-ethyl adjacent to an activating group) is 1. The Hall–Kier alpha value is -2.60. The minimum Gasteiger partial charge on any atom is -0.342 e. The topological polar surface area (TPSA) is 54.3 Å². The summed E-state index contributed by atoms with van der Waals surface area (Å²) in [6.07, 6.45) is 1.91. The van der Waals surface area contributed by atoms with E-state index in [0.717, 1.165) is 21.1 Å². The number of carbonyl (C=O) groups is 2. The monoisotopic (exact) mass is 427 g/mol. The summed E-state index contributed by atoms with van der Waals surface area (Å²) in [5, 5.41) is 3.90. The molecule has 1 aromatic heterocycles. The maximum Gasteiger partial charge on any atom is 0.256 e. The van der Waals surface area contributed by atoms with Gasteiger partial charge in [-0.15, -0.1) is 0 Å². The van der Waals surface area contributed by atoms with Crippen LogP contribution in [0.3, 0.4) is 0 Å². The largest absolute Gasteiger partial charge is 0.342 e. The van der Waals surface area contributed by atoms with Crippen LogP contribution in [0.4, 0.5) is 5.69 Å². The molecular formula is C21H22BrN3O2. The van der Waals surface area contributed by atoms with Crippen LogP contribution in [0.15, 0.2) is 59.2 Å². The Bertz CT molecular complexity index is 976. The lowest BCUT2D eigenvalue weighted by atomic mass is 10.2. The van der Waals surface area contributed by atoms with Crippen LogP contribution < -0.4 is 5.32 Å². The molecule has 0 unspecified atom stereocenters. The van der Waals surface area contributed by atoms with Crippen molar-refractivity contribution in [3.8, 4) is 0 Å².